The zero-order valence-electron chi connectivity index (χ0n) is 16.7. The lowest BCUT2D eigenvalue weighted by molar-refractivity contribution is -0.130. The number of aromatic nitrogens is 1. The Labute approximate surface area is 178 Å². The molecule has 0 aliphatic carbocycles. The third kappa shape index (κ3) is 4.88. The minimum absolute atomic E-state index is 0.0823. The van der Waals surface area contributed by atoms with Crippen LogP contribution in [0, 0.1) is 5.82 Å². The molecule has 0 unspecified atom stereocenters. The van der Waals surface area contributed by atoms with Crippen LogP contribution in [0.1, 0.15) is 5.69 Å². The first-order chi connectivity index (χ1) is 14.6. The van der Waals surface area contributed by atoms with Gasteiger partial charge in [-0.2, -0.15) is 0 Å². The third-order valence-electron chi connectivity index (χ3n) is 5.03. The lowest BCUT2D eigenvalue weighted by Crippen LogP contribution is -2.49. The van der Waals surface area contributed by atoms with Gasteiger partial charge in [0.05, 0.1) is 19.2 Å². The van der Waals surface area contributed by atoms with Gasteiger partial charge in [0.2, 0.25) is 5.91 Å². The predicted octanol–water partition coefficient (Wildman–Crippen LogP) is 3.93. The number of nitrogens with one attached hydrogen (secondary N) is 1. The molecule has 6 nitrogen and oxygen atoms in total. The number of piperazine rings is 1. The molecule has 1 N–H and O–H groups in total. The predicted molar refractivity (Wildman–Crippen MR) is 117 cm³/mol. The second kappa shape index (κ2) is 9.13. The maximum absolute atomic E-state index is 13.0. The van der Waals surface area contributed by atoms with Crippen molar-refractivity contribution in [2.24, 2.45) is 0 Å². The number of thiazole rings is 1. The van der Waals surface area contributed by atoms with Crippen LogP contribution in [0.15, 0.2) is 53.9 Å². The van der Waals surface area contributed by atoms with Crippen LogP contribution in [-0.2, 0) is 11.2 Å². The monoisotopic (exact) mass is 426 g/mol. The fraction of sp³-hybridized carbons (Fsp3) is 0.273. The van der Waals surface area contributed by atoms with Crippen molar-refractivity contribution in [3.63, 3.8) is 0 Å². The van der Waals surface area contributed by atoms with Gasteiger partial charge in [0.15, 0.2) is 5.13 Å². The van der Waals surface area contributed by atoms with E-state index in [9.17, 15) is 9.18 Å². The van der Waals surface area contributed by atoms with Crippen molar-refractivity contribution in [2.75, 3.05) is 43.5 Å². The number of hydrogen-bond acceptors (Lipinski definition) is 6. The van der Waals surface area contributed by atoms with Gasteiger partial charge in [-0.3, -0.25) is 4.79 Å². The SMILES string of the molecule is COc1cccc(N2CCN(C(=O)Cc3csc(Nc4ccc(F)cc4)n3)CC2)c1. The van der Waals surface area contributed by atoms with Crippen LogP contribution in [-0.4, -0.2) is 49.1 Å². The zero-order chi connectivity index (χ0) is 20.9. The first kappa shape index (κ1) is 20.2. The van der Waals surface area contributed by atoms with Gasteiger partial charge in [-0.1, -0.05) is 6.07 Å². The number of halogens is 1. The summed E-state index contributed by atoms with van der Waals surface area (Å²) < 4.78 is 18.3. The van der Waals surface area contributed by atoms with Crippen LogP contribution < -0.4 is 15.0 Å². The Morgan fingerprint density at radius 2 is 1.93 bits per heavy atom. The Morgan fingerprint density at radius 3 is 2.67 bits per heavy atom. The van der Waals surface area contributed by atoms with E-state index in [0.29, 0.717) is 18.2 Å². The largest absolute Gasteiger partial charge is 0.497 e. The first-order valence-corrected chi connectivity index (χ1v) is 10.6. The number of nitrogens with zero attached hydrogens (tertiary/aromatic N) is 3. The molecule has 1 aromatic heterocycles. The molecular formula is C22H23FN4O2S. The van der Waals surface area contributed by atoms with E-state index in [-0.39, 0.29) is 18.1 Å². The highest BCUT2D eigenvalue weighted by molar-refractivity contribution is 7.13. The number of methoxy groups -OCH3 is 1. The van der Waals surface area contributed by atoms with Crippen molar-refractivity contribution >= 4 is 33.8 Å². The lowest BCUT2D eigenvalue weighted by atomic mass is 10.2. The summed E-state index contributed by atoms with van der Waals surface area (Å²) in [6.45, 7) is 2.93. The quantitative estimate of drug-likeness (QED) is 0.647. The van der Waals surface area contributed by atoms with Gasteiger partial charge in [-0.05, 0) is 36.4 Å². The number of hydrogen-bond donors (Lipinski definition) is 1. The third-order valence-corrected chi connectivity index (χ3v) is 5.84. The smallest absolute Gasteiger partial charge is 0.228 e. The van der Waals surface area contributed by atoms with E-state index in [0.717, 1.165) is 35.9 Å². The van der Waals surface area contributed by atoms with Gasteiger partial charge in [-0.25, -0.2) is 9.37 Å². The molecule has 2 aromatic carbocycles. The summed E-state index contributed by atoms with van der Waals surface area (Å²) in [5.41, 5.74) is 2.61. The summed E-state index contributed by atoms with van der Waals surface area (Å²) in [5, 5.41) is 5.71. The number of benzene rings is 2. The van der Waals surface area contributed by atoms with Crippen LogP contribution in [0.25, 0.3) is 0 Å². The Hall–Kier alpha value is -3.13. The molecule has 30 heavy (non-hydrogen) atoms. The van der Waals surface area contributed by atoms with E-state index in [2.05, 4.69) is 21.3 Å². The summed E-state index contributed by atoms with van der Waals surface area (Å²) >= 11 is 1.43. The standard InChI is InChI=1S/C22H23FN4O2S/c1-29-20-4-2-3-19(14-20)26-9-11-27(12-10-26)21(28)13-18-15-30-22(25-18)24-17-7-5-16(23)6-8-17/h2-8,14-15H,9-13H2,1H3,(H,24,25). The van der Waals surface area contributed by atoms with E-state index in [1.165, 1.54) is 23.5 Å². The van der Waals surface area contributed by atoms with Crippen molar-refractivity contribution in [1.82, 2.24) is 9.88 Å². The maximum atomic E-state index is 13.0. The van der Waals surface area contributed by atoms with Crippen molar-refractivity contribution in [3.8, 4) is 5.75 Å². The minimum Gasteiger partial charge on any atom is -0.497 e. The highest BCUT2D eigenvalue weighted by Crippen LogP contribution is 2.24. The Kier molecular flexibility index (Phi) is 6.13. The van der Waals surface area contributed by atoms with E-state index < -0.39 is 0 Å². The molecule has 1 aliphatic rings. The van der Waals surface area contributed by atoms with Crippen molar-refractivity contribution in [1.29, 1.82) is 0 Å². The Balaban J connectivity index is 1.29. The summed E-state index contributed by atoms with van der Waals surface area (Å²) in [5.74, 6) is 0.635. The average Bonchev–Trinajstić information content (AvgIpc) is 3.22. The molecule has 1 aliphatic heterocycles. The molecule has 1 saturated heterocycles. The van der Waals surface area contributed by atoms with E-state index in [4.69, 9.17) is 4.74 Å². The van der Waals surface area contributed by atoms with Crippen molar-refractivity contribution in [2.45, 2.75) is 6.42 Å². The summed E-state index contributed by atoms with van der Waals surface area (Å²) in [6, 6.07) is 14.1. The highest BCUT2D eigenvalue weighted by atomic mass is 32.1. The molecule has 0 radical (unpaired) electrons. The van der Waals surface area contributed by atoms with Gasteiger partial charge in [-0.15, -0.1) is 11.3 Å². The Bertz CT molecular complexity index is 1000. The van der Waals surface area contributed by atoms with E-state index in [1.807, 2.05) is 28.5 Å². The zero-order valence-corrected chi connectivity index (χ0v) is 17.5. The molecular weight excluding hydrogens is 403 g/mol. The first-order valence-electron chi connectivity index (χ1n) is 9.74. The summed E-state index contributed by atoms with van der Waals surface area (Å²) in [6.07, 6.45) is 0.279. The van der Waals surface area contributed by atoms with E-state index in [1.54, 1.807) is 19.2 Å². The fourth-order valence-electron chi connectivity index (χ4n) is 3.39. The highest BCUT2D eigenvalue weighted by Gasteiger charge is 2.22. The molecule has 2 heterocycles. The molecule has 3 aromatic rings. The average molecular weight is 427 g/mol. The minimum atomic E-state index is -0.280. The number of ether oxygens (including phenoxy) is 1. The molecule has 0 atom stereocenters. The summed E-state index contributed by atoms with van der Waals surface area (Å²) in [4.78, 5) is 21.3. The van der Waals surface area contributed by atoms with Crippen molar-refractivity contribution in [3.05, 3.63) is 65.4 Å². The molecule has 8 heteroatoms. The van der Waals surface area contributed by atoms with E-state index >= 15 is 0 Å². The van der Waals surface area contributed by atoms with Gasteiger partial charge in [0, 0.05) is 49.0 Å². The second-order valence-electron chi connectivity index (χ2n) is 7.02. The van der Waals surface area contributed by atoms with Crippen LogP contribution in [0.3, 0.4) is 0 Å². The molecule has 1 fully saturated rings. The number of amides is 1. The molecule has 0 spiro atoms. The summed E-state index contributed by atoms with van der Waals surface area (Å²) in [7, 11) is 1.66. The van der Waals surface area contributed by atoms with Crippen LogP contribution >= 0.6 is 11.3 Å². The number of carbonyl (C=O) groups is 1. The van der Waals surface area contributed by atoms with Gasteiger partial charge in [0.1, 0.15) is 11.6 Å². The molecule has 4 rings (SSSR count). The Morgan fingerprint density at radius 1 is 1.17 bits per heavy atom. The number of rotatable bonds is 6. The van der Waals surface area contributed by atoms with Crippen LogP contribution in [0.5, 0.6) is 5.75 Å². The van der Waals surface area contributed by atoms with Gasteiger partial charge >= 0.3 is 0 Å². The van der Waals surface area contributed by atoms with Gasteiger partial charge < -0.3 is 19.9 Å². The topological polar surface area (TPSA) is 57.7 Å². The van der Waals surface area contributed by atoms with Crippen molar-refractivity contribution < 1.29 is 13.9 Å². The number of carbonyl (C=O) groups excluding carboxylic acids is 1. The molecule has 156 valence electrons. The maximum Gasteiger partial charge on any atom is 0.228 e. The molecule has 0 saturated carbocycles. The van der Waals surface area contributed by atoms with Crippen LogP contribution in [0.4, 0.5) is 20.9 Å². The normalized spacial score (nSPS) is 13.9. The van der Waals surface area contributed by atoms with Crippen LogP contribution in [0.2, 0.25) is 0 Å². The lowest BCUT2D eigenvalue weighted by Gasteiger charge is -2.36. The second-order valence-corrected chi connectivity index (χ2v) is 7.88. The fourth-order valence-corrected chi connectivity index (χ4v) is 4.12. The number of anilines is 3. The molecule has 0 bridgehead atoms. The van der Waals surface area contributed by atoms with Gasteiger partial charge in [0.25, 0.3) is 0 Å². The molecule has 1 amide bonds.